The summed E-state index contributed by atoms with van der Waals surface area (Å²) in [5, 5.41) is 2.71. The van der Waals surface area contributed by atoms with Crippen molar-refractivity contribution in [2.24, 2.45) is 5.73 Å². The third-order valence-electron chi connectivity index (χ3n) is 4.06. The molecule has 0 aliphatic heterocycles. The Balaban J connectivity index is 0.00000312. The van der Waals surface area contributed by atoms with Gasteiger partial charge in [-0.3, -0.25) is 4.79 Å². The Labute approximate surface area is 155 Å². The van der Waals surface area contributed by atoms with Crippen LogP contribution < -0.4 is 20.5 Å². The zero-order valence-corrected chi connectivity index (χ0v) is 15.9. The number of sulfonamides is 1. The van der Waals surface area contributed by atoms with Crippen LogP contribution in [0.2, 0.25) is 0 Å². The van der Waals surface area contributed by atoms with Crippen molar-refractivity contribution in [1.29, 1.82) is 0 Å². The van der Waals surface area contributed by atoms with Crippen molar-refractivity contribution in [3.8, 4) is 5.75 Å². The number of ether oxygens (including phenoxy) is 1. The Bertz CT molecular complexity index is 676. The van der Waals surface area contributed by atoms with Gasteiger partial charge in [-0.25, -0.2) is 13.1 Å². The number of hydrogen-bond acceptors (Lipinski definition) is 5. The van der Waals surface area contributed by atoms with E-state index in [0.717, 1.165) is 25.7 Å². The van der Waals surface area contributed by atoms with Gasteiger partial charge in [-0.1, -0.05) is 12.8 Å². The maximum atomic E-state index is 12.7. The van der Waals surface area contributed by atoms with Gasteiger partial charge >= 0.3 is 0 Å². The zero-order chi connectivity index (χ0) is 17.6. The van der Waals surface area contributed by atoms with Gasteiger partial charge in [0.25, 0.3) is 5.91 Å². The first-order valence-electron chi connectivity index (χ1n) is 8.16. The molecule has 1 amide bonds. The van der Waals surface area contributed by atoms with E-state index in [1.54, 1.807) is 6.07 Å². The SMILES string of the molecule is COc1ccc(C(=O)NCCCN)cc1S(=O)(=O)NC1CCCC1.Cl. The summed E-state index contributed by atoms with van der Waals surface area (Å²) in [6, 6.07) is 4.35. The predicted octanol–water partition coefficient (Wildman–Crippen LogP) is 1.42. The van der Waals surface area contributed by atoms with E-state index in [9.17, 15) is 13.2 Å². The standard InChI is InChI=1S/C16H25N3O4S.ClH/c1-23-14-8-7-12(16(20)18-10-4-9-17)11-15(14)24(21,22)19-13-5-2-3-6-13;/h7-8,11,13,19H,2-6,9-10,17H2,1H3,(H,18,20);1H. The minimum absolute atomic E-state index is 0. The van der Waals surface area contributed by atoms with Gasteiger partial charge in [0.2, 0.25) is 10.0 Å². The van der Waals surface area contributed by atoms with Gasteiger partial charge in [-0.15, -0.1) is 12.4 Å². The van der Waals surface area contributed by atoms with Crippen LogP contribution in [0.3, 0.4) is 0 Å². The van der Waals surface area contributed by atoms with E-state index in [4.69, 9.17) is 10.5 Å². The largest absolute Gasteiger partial charge is 0.495 e. The van der Waals surface area contributed by atoms with Crippen LogP contribution in [-0.2, 0) is 10.0 Å². The monoisotopic (exact) mass is 391 g/mol. The van der Waals surface area contributed by atoms with Crippen molar-refractivity contribution in [3.05, 3.63) is 23.8 Å². The van der Waals surface area contributed by atoms with Gasteiger partial charge in [0, 0.05) is 18.2 Å². The highest BCUT2D eigenvalue weighted by Gasteiger charge is 2.26. The highest BCUT2D eigenvalue weighted by Crippen LogP contribution is 2.27. The number of rotatable bonds is 8. The fourth-order valence-corrected chi connectivity index (χ4v) is 4.26. The van der Waals surface area contributed by atoms with Crippen LogP contribution in [0.4, 0.5) is 0 Å². The Morgan fingerprint density at radius 1 is 1.32 bits per heavy atom. The van der Waals surface area contributed by atoms with E-state index in [1.807, 2.05) is 0 Å². The van der Waals surface area contributed by atoms with Crippen LogP contribution >= 0.6 is 12.4 Å². The zero-order valence-electron chi connectivity index (χ0n) is 14.3. The lowest BCUT2D eigenvalue weighted by molar-refractivity contribution is 0.0953. The molecule has 0 unspecified atom stereocenters. The molecule has 0 radical (unpaired) electrons. The van der Waals surface area contributed by atoms with Crippen molar-refractivity contribution in [3.63, 3.8) is 0 Å². The number of carbonyl (C=O) groups excluding carboxylic acids is 1. The van der Waals surface area contributed by atoms with Gasteiger partial charge < -0.3 is 15.8 Å². The maximum Gasteiger partial charge on any atom is 0.251 e. The second-order valence-corrected chi connectivity index (χ2v) is 7.55. The maximum absolute atomic E-state index is 12.7. The number of amides is 1. The molecule has 4 N–H and O–H groups in total. The fraction of sp³-hybridized carbons (Fsp3) is 0.562. The number of nitrogens with two attached hydrogens (primary N) is 1. The van der Waals surface area contributed by atoms with E-state index in [2.05, 4.69) is 10.0 Å². The summed E-state index contributed by atoms with van der Waals surface area (Å²) in [7, 11) is -2.33. The predicted molar refractivity (Wildman–Crippen MR) is 98.8 cm³/mol. The number of methoxy groups -OCH3 is 1. The van der Waals surface area contributed by atoms with Crippen LogP contribution in [0, 0.1) is 0 Å². The topological polar surface area (TPSA) is 111 Å². The van der Waals surface area contributed by atoms with Gasteiger partial charge in [0.15, 0.2) is 0 Å². The molecule has 0 atom stereocenters. The summed E-state index contributed by atoms with van der Waals surface area (Å²) >= 11 is 0. The molecule has 0 spiro atoms. The molecule has 0 bridgehead atoms. The third kappa shape index (κ3) is 5.85. The molecule has 9 heteroatoms. The molecule has 142 valence electrons. The van der Waals surface area contributed by atoms with E-state index < -0.39 is 10.0 Å². The minimum Gasteiger partial charge on any atom is -0.495 e. The summed E-state index contributed by atoms with van der Waals surface area (Å²) in [4.78, 5) is 12.1. The van der Waals surface area contributed by atoms with Crippen LogP contribution in [0.15, 0.2) is 23.1 Å². The van der Waals surface area contributed by atoms with Crippen LogP contribution in [-0.4, -0.2) is 40.6 Å². The number of halogens is 1. The van der Waals surface area contributed by atoms with Crippen LogP contribution in [0.5, 0.6) is 5.75 Å². The van der Waals surface area contributed by atoms with Gasteiger partial charge in [-0.05, 0) is 44.0 Å². The normalized spacial score (nSPS) is 14.8. The number of carbonyl (C=O) groups is 1. The van der Waals surface area contributed by atoms with Crippen molar-refractivity contribution in [1.82, 2.24) is 10.0 Å². The Morgan fingerprint density at radius 3 is 2.60 bits per heavy atom. The average molecular weight is 392 g/mol. The summed E-state index contributed by atoms with van der Waals surface area (Å²) in [6.07, 6.45) is 4.37. The van der Waals surface area contributed by atoms with Gasteiger partial charge in [0.05, 0.1) is 7.11 Å². The molecule has 1 fully saturated rings. The van der Waals surface area contributed by atoms with Crippen LogP contribution in [0.1, 0.15) is 42.5 Å². The lowest BCUT2D eigenvalue weighted by atomic mass is 10.2. The van der Waals surface area contributed by atoms with Gasteiger partial charge in [-0.2, -0.15) is 0 Å². The molecule has 1 aliphatic rings. The first kappa shape index (κ1) is 21.7. The minimum atomic E-state index is -3.74. The lowest BCUT2D eigenvalue weighted by Gasteiger charge is -2.15. The Morgan fingerprint density at radius 2 is 2.00 bits per heavy atom. The molecule has 0 heterocycles. The van der Waals surface area contributed by atoms with E-state index in [1.165, 1.54) is 19.2 Å². The van der Waals surface area contributed by atoms with E-state index in [-0.39, 0.29) is 40.6 Å². The molecule has 0 saturated heterocycles. The first-order chi connectivity index (χ1) is 11.5. The summed E-state index contributed by atoms with van der Waals surface area (Å²) in [5.41, 5.74) is 5.67. The molecule has 2 rings (SSSR count). The number of benzene rings is 1. The number of nitrogens with one attached hydrogen (secondary N) is 2. The molecule has 1 saturated carbocycles. The summed E-state index contributed by atoms with van der Waals surface area (Å²) in [6.45, 7) is 0.928. The van der Waals surface area contributed by atoms with Crippen molar-refractivity contribution in [2.75, 3.05) is 20.2 Å². The fourth-order valence-electron chi connectivity index (χ4n) is 2.76. The summed E-state index contributed by atoms with van der Waals surface area (Å²) in [5.74, 6) is -0.109. The second kappa shape index (κ2) is 9.96. The highest BCUT2D eigenvalue weighted by atomic mass is 35.5. The lowest BCUT2D eigenvalue weighted by Crippen LogP contribution is -2.33. The van der Waals surface area contributed by atoms with Crippen molar-refractivity contribution < 1.29 is 17.9 Å². The molecular weight excluding hydrogens is 366 g/mol. The third-order valence-corrected chi connectivity index (χ3v) is 5.60. The van der Waals surface area contributed by atoms with Crippen molar-refractivity contribution >= 4 is 28.3 Å². The van der Waals surface area contributed by atoms with Gasteiger partial charge in [0.1, 0.15) is 10.6 Å². The van der Waals surface area contributed by atoms with E-state index >= 15 is 0 Å². The molecule has 0 aromatic heterocycles. The molecule has 25 heavy (non-hydrogen) atoms. The molecule has 1 aromatic rings. The second-order valence-electron chi connectivity index (χ2n) is 5.87. The smallest absolute Gasteiger partial charge is 0.251 e. The Hall–Kier alpha value is -1.35. The molecule has 7 nitrogen and oxygen atoms in total. The molecule has 1 aromatic carbocycles. The highest BCUT2D eigenvalue weighted by molar-refractivity contribution is 7.89. The number of hydrogen-bond donors (Lipinski definition) is 3. The summed E-state index contributed by atoms with van der Waals surface area (Å²) < 4.78 is 33.2. The molecular formula is C16H26ClN3O4S. The van der Waals surface area contributed by atoms with Crippen LogP contribution in [0.25, 0.3) is 0 Å². The average Bonchev–Trinajstić information content (AvgIpc) is 3.06. The first-order valence-corrected chi connectivity index (χ1v) is 9.65. The molecule has 1 aliphatic carbocycles. The van der Waals surface area contributed by atoms with Crippen molar-refractivity contribution in [2.45, 2.75) is 43.0 Å². The Kier molecular flexibility index (Phi) is 8.64. The van der Waals surface area contributed by atoms with E-state index in [0.29, 0.717) is 19.5 Å². The quantitative estimate of drug-likeness (QED) is 0.580.